The molecule has 0 radical (unpaired) electrons. The van der Waals surface area contributed by atoms with Gasteiger partial charge in [-0.3, -0.25) is 0 Å². The van der Waals surface area contributed by atoms with E-state index in [9.17, 15) is 0 Å². The van der Waals surface area contributed by atoms with Gasteiger partial charge in [0, 0.05) is 24.3 Å². The van der Waals surface area contributed by atoms with Crippen LogP contribution in [0.5, 0.6) is 0 Å². The van der Waals surface area contributed by atoms with Crippen molar-refractivity contribution in [3.05, 3.63) is 29.8 Å². The lowest BCUT2D eigenvalue weighted by Crippen LogP contribution is -2.26. The van der Waals surface area contributed by atoms with Crippen molar-refractivity contribution in [2.45, 2.75) is 19.9 Å². The second-order valence-electron chi connectivity index (χ2n) is 3.74. The molecule has 0 aliphatic heterocycles. The Kier molecular flexibility index (Phi) is 3.55. The molecule has 0 aliphatic rings. The molecule has 1 aromatic rings. The molecule has 3 N–H and O–H groups in total. The van der Waals surface area contributed by atoms with Crippen LogP contribution in [0.15, 0.2) is 29.4 Å². The summed E-state index contributed by atoms with van der Waals surface area (Å²) in [6.07, 6.45) is 0. The molecule has 0 bridgehead atoms. The van der Waals surface area contributed by atoms with Crippen LogP contribution in [0.4, 0.5) is 5.69 Å². The molecule has 0 aliphatic carbocycles. The molecule has 0 heterocycles. The molecule has 0 spiro atoms. The Hall–Kier alpha value is -1.71. The van der Waals surface area contributed by atoms with Crippen LogP contribution in [0, 0.1) is 0 Å². The first-order valence-corrected chi connectivity index (χ1v) is 4.87. The van der Waals surface area contributed by atoms with E-state index >= 15 is 0 Å². The highest BCUT2D eigenvalue weighted by Crippen LogP contribution is 2.16. The number of nitrogens with two attached hydrogens (primary N) is 1. The predicted molar refractivity (Wildman–Crippen MR) is 62.5 cm³/mol. The van der Waals surface area contributed by atoms with Gasteiger partial charge in [0.05, 0.1) is 0 Å². The summed E-state index contributed by atoms with van der Waals surface area (Å²) in [5.74, 6) is 0.133. The maximum atomic E-state index is 8.58. The zero-order valence-electron chi connectivity index (χ0n) is 9.31. The SMILES string of the molecule is CC(C)N(C)c1cccc(C(N)=NO)c1. The zero-order chi connectivity index (χ0) is 11.4. The van der Waals surface area contributed by atoms with Crippen LogP contribution in [0.2, 0.25) is 0 Å². The largest absolute Gasteiger partial charge is 0.409 e. The van der Waals surface area contributed by atoms with Gasteiger partial charge in [-0.15, -0.1) is 0 Å². The number of anilines is 1. The van der Waals surface area contributed by atoms with Crippen molar-refractivity contribution in [3.63, 3.8) is 0 Å². The van der Waals surface area contributed by atoms with Gasteiger partial charge >= 0.3 is 0 Å². The molecular weight excluding hydrogens is 190 g/mol. The Morgan fingerprint density at radius 2 is 2.13 bits per heavy atom. The fourth-order valence-electron chi connectivity index (χ4n) is 1.24. The third kappa shape index (κ3) is 2.62. The summed E-state index contributed by atoms with van der Waals surface area (Å²) >= 11 is 0. The Bertz CT molecular complexity index is 361. The number of benzene rings is 1. The van der Waals surface area contributed by atoms with Gasteiger partial charge in [-0.05, 0) is 26.0 Å². The van der Waals surface area contributed by atoms with E-state index < -0.39 is 0 Å². The fourth-order valence-corrected chi connectivity index (χ4v) is 1.24. The Balaban J connectivity index is 3.02. The average molecular weight is 207 g/mol. The van der Waals surface area contributed by atoms with Gasteiger partial charge in [-0.1, -0.05) is 17.3 Å². The van der Waals surface area contributed by atoms with Crippen molar-refractivity contribution in [1.82, 2.24) is 0 Å². The normalized spacial score (nSPS) is 11.9. The van der Waals surface area contributed by atoms with Crippen LogP contribution in [0.1, 0.15) is 19.4 Å². The molecule has 0 saturated heterocycles. The van der Waals surface area contributed by atoms with Gasteiger partial charge in [0.2, 0.25) is 0 Å². The number of nitrogens with zero attached hydrogens (tertiary/aromatic N) is 2. The first-order valence-electron chi connectivity index (χ1n) is 4.87. The fraction of sp³-hybridized carbons (Fsp3) is 0.364. The molecule has 0 fully saturated rings. The standard InChI is InChI=1S/C11H17N3O/c1-8(2)14(3)10-6-4-5-9(7-10)11(12)13-15/h4-8,15H,1-3H3,(H2,12,13). The Labute approximate surface area is 90.0 Å². The van der Waals surface area contributed by atoms with E-state index in [1.54, 1.807) is 0 Å². The van der Waals surface area contributed by atoms with Gasteiger partial charge in [0.25, 0.3) is 0 Å². The van der Waals surface area contributed by atoms with E-state index in [0.29, 0.717) is 6.04 Å². The Morgan fingerprint density at radius 3 is 2.67 bits per heavy atom. The number of hydrogen-bond acceptors (Lipinski definition) is 3. The summed E-state index contributed by atoms with van der Waals surface area (Å²) in [6.45, 7) is 4.21. The summed E-state index contributed by atoms with van der Waals surface area (Å²) in [7, 11) is 2.01. The van der Waals surface area contributed by atoms with Gasteiger partial charge in [-0.25, -0.2) is 0 Å². The van der Waals surface area contributed by atoms with Crippen LogP contribution in [-0.4, -0.2) is 24.1 Å². The van der Waals surface area contributed by atoms with E-state index in [-0.39, 0.29) is 5.84 Å². The first kappa shape index (κ1) is 11.4. The molecule has 0 amide bonds. The number of oxime groups is 1. The number of rotatable bonds is 3. The van der Waals surface area contributed by atoms with Crippen LogP contribution >= 0.6 is 0 Å². The van der Waals surface area contributed by atoms with Crippen molar-refractivity contribution in [2.24, 2.45) is 10.9 Å². The third-order valence-electron chi connectivity index (χ3n) is 2.43. The highest BCUT2D eigenvalue weighted by atomic mass is 16.4. The lowest BCUT2D eigenvalue weighted by atomic mass is 10.1. The third-order valence-corrected chi connectivity index (χ3v) is 2.43. The van der Waals surface area contributed by atoms with Crippen LogP contribution < -0.4 is 10.6 Å². The monoisotopic (exact) mass is 207 g/mol. The first-order chi connectivity index (χ1) is 7.06. The maximum Gasteiger partial charge on any atom is 0.170 e. The minimum absolute atomic E-state index is 0.133. The number of amidine groups is 1. The second-order valence-corrected chi connectivity index (χ2v) is 3.74. The zero-order valence-corrected chi connectivity index (χ0v) is 9.31. The molecular formula is C11H17N3O. The minimum Gasteiger partial charge on any atom is -0.409 e. The molecule has 4 nitrogen and oxygen atoms in total. The quantitative estimate of drug-likeness (QED) is 0.343. The summed E-state index contributed by atoms with van der Waals surface area (Å²) in [4.78, 5) is 2.12. The van der Waals surface area contributed by atoms with Gasteiger partial charge in [-0.2, -0.15) is 0 Å². The Morgan fingerprint density at radius 1 is 1.47 bits per heavy atom. The molecule has 4 heteroatoms. The molecule has 1 aromatic carbocycles. The van der Waals surface area contributed by atoms with Crippen LogP contribution in [-0.2, 0) is 0 Å². The van der Waals surface area contributed by atoms with Crippen molar-refractivity contribution in [2.75, 3.05) is 11.9 Å². The van der Waals surface area contributed by atoms with Gasteiger partial charge < -0.3 is 15.8 Å². The topological polar surface area (TPSA) is 61.8 Å². The molecule has 15 heavy (non-hydrogen) atoms. The lowest BCUT2D eigenvalue weighted by molar-refractivity contribution is 0.318. The summed E-state index contributed by atoms with van der Waals surface area (Å²) in [5.41, 5.74) is 7.30. The van der Waals surface area contributed by atoms with Gasteiger partial charge in [0.1, 0.15) is 0 Å². The molecule has 0 aromatic heterocycles. The van der Waals surface area contributed by atoms with E-state index in [1.807, 2.05) is 31.3 Å². The van der Waals surface area contributed by atoms with E-state index in [4.69, 9.17) is 10.9 Å². The maximum absolute atomic E-state index is 8.58. The smallest absolute Gasteiger partial charge is 0.170 e. The van der Waals surface area contributed by atoms with Gasteiger partial charge in [0.15, 0.2) is 5.84 Å². The van der Waals surface area contributed by atoms with Crippen molar-refractivity contribution in [1.29, 1.82) is 0 Å². The van der Waals surface area contributed by atoms with Crippen molar-refractivity contribution < 1.29 is 5.21 Å². The van der Waals surface area contributed by atoms with Crippen LogP contribution in [0.3, 0.4) is 0 Å². The summed E-state index contributed by atoms with van der Waals surface area (Å²) < 4.78 is 0. The highest BCUT2D eigenvalue weighted by Gasteiger charge is 2.06. The number of hydrogen-bond donors (Lipinski definition) is 2. The predicted octanol–water partition coefficient (Wildman–Crippen LogP) is 1.63. The summed E-state index contributed by atoms with van der Waals surface area (Å²) in [6, 6.07) is 8.00. The molecule has 1 rings (SSSR count). The van der Waals surface area contributed by atoms with E-state index in [0.717, 1.165) is 11.3 Å². The summed E-state index contributed by atoms with van der Waals surface area (Å²) in [5, 5.41) is 11.6. The molecule has 82 valence electrons. The molecule has 0 atom stereocenters. The van der Waals surface area contributed by atoms with Crippen molar-refractivity contribution >= 4 is 11.5 Å². The minimum atomic E-state index is 0.133. The average Bonchev–Trinajstić information content (AvgIpc) is 2.27. The second kappa shape index (κ2) is 4.68. The molecule has 0 unspecified atom stereocenters. The van der Waals surface area contributed by atoms with E-state index in [1.165, 1.54) is 0 Å². The highest BCUT2D eigenvalue weighted by molar-refractivity contribution is 5.97. The van der Waals surface area contributed by atoms with Crippen LogP contribution in [0.25, 0.3) is 0 Å². The van der Waals surface area contributed by atoms with Crippen molar-refractivity contribution in [3.8, 4) is 0 Å². The van der Waals surface area contributed by atoms with E-state index in [2.05, 4.69) is 23.9 Å². The molecule has 0 saturated carbocycles. The lowest BCUT2D eigenvalue weighted by Gasteiger charge is -2.24.